The van der Waals surface area contributed by atoms with Crippen molar-refractivity contribution in [1.29, 1.82) is 0 Å². The van der Waals surface area contributed by atoms with Crippen LogP contribution in [0.5, 0.6) is 0 Å². The highest BCUT2D eigenvalue weighted by Crippen LogP contribution is 2.22. The molecular weight excluding hydrogens is 312 g/mol. The molecule has 1 aromatic rings. The second-order valence-electron chi connectivity index (χ2n) is 6.89. The number of hydrogen-bond donors (Lipinski definition) is 2. The molecule has 1 aliphatic heterocycles. The third kappa shape index (κ3) is 6.94. The highest BCUT2D eigenvalue weighted by atomic mass is 16.5. The van der Waals surface area contributed by atoms with Gasteiger partial charge >= 0.3 is 0 Å². The largest absolute Gasteiger partial charge is 0.378 e. The predicted molar refractivity (Wildman–Crippen MR) is 106 cm³/mol. The van der Waals surface area contributed by atoms with Gasteiger partial charge in [0.05, 0.1) is 19.8 Å². The predicted octanol–water partition coefficient (Wildman–Crippen LogP) is 3.01. The fourth-order valence-corrected chi connectivity index (χ4v) is 2.98. The summed E-state index contributed by atoms with van der Waals surface area (Å²) < 4.78 is 5.47. The van der Waals surface area contributed by atoms with Gasteiger partial charge in [-0.15, -0.1) is 0 Å². The molecule has 1 aromatic carbocycles. The second kappa shape index (κ2) is 11.0. The number of aliphatic imine (C=N–C) groups is 1. The molecule has 5 nitrogen and oxygen atoms in total. The zero-order chi connectivity index (χ0) is 17.9. The van der Waals surface area contributed by atoms with Crippen LogP contribution in [0.25, 0.3) is 0 Å². The first-order valence-electron chi connectivity index (χ1n) is 9.63. The normalized spacial score (nSPS) is 15.5. The number of para-hydroxylation sites is 1. The minimum Gasteiger partial charge on any atom is -0.378 e. The molecule has 0 unspecified atom stereocenters. The van der Waals surface area contributed by atoms with E-state index in [2.05, 4.69) is 60.6 Å². The van der Waals surface area contributed by atoms with Gasteiger partial charge in [0.1, 0.15) is 0 Å². The molecule has 1 aliphatic rings. The summed E-state index contributed by atoms with van der Waals surface area (Å²) in [5.41, 5.74) is 2.55. The summed E-state index contributed by atoms with van der Waals surface area (Å²) in [5.74, 6) is 1.66. The molecule has 1 heterocycles. The molecule has 0 amide bonds. The Bertz CT molecular complexity index is 524. The lowest BCUT2D eigenvalue weighted by Crippen LogP contribution is -2.38. The minimum absolute atomic E-state index is 0.688. The third-order valence-corrected chi connectivity index (χ3v) is 4.35. The Morgan fingerprint density at radius 3 is 2.68 bits per heavy atom. The van der Waals surface area contributed by atoms with Gasteiger partial charge in [0.25, 0.3) is 0 Å². The Kier molecular flexibility index (Phi) is 8.60. The molecule has 5 heteroatoms. The third-order valence-electron chi connectivity index (χ3n) is 4.35. The number of benzene rings is 1. The first kappa shape index (κ1) is 19.6. The van der Waals surface area contributed by atoms with Crippen molar-refractivity contribution >= 4 is 11.6 Å². The first-order valence-corrected chi connectivity index (χ1v) is 9.63. The average molecular weight is 347 g/mol. The highest BCUT2D eigenvalue weighted by molar-refractivity contribution is 5.79. The smallest absolute Gasteiger partial charge is 0.191 e. The van der Waals surface area contributed by atoms with Crippen LogP contribution in [0.4, 0.5) is 5.69 Å². The van der Waals surface area contributed by atoms with E-state index < -0.39 is 0 Å². The number of nitrogens with zero attached hydrogens (tertiary/aromatic N) is 2. The van der Waals surface area contributed by atoms with Gasteiger partial charge in [-0.25, -0.2) is 4.99 Å². The fourth-order valence-electron chi connectivity index (χ4n) is 2.98. The molecule has 0 aliphatic carbocycles. The van der Waals surface area contributed by atoms with Gasteiger partial charge in [-0.1, -0.05) is 32.0 Å². The van der Waals surface area contributed by atoms with Crippen molar-refractivity contribution in [3.05, 3.63) is 29.8 Å². The maximum Gasteiger partial charge on any atom is 0.191 e. The summed E-state index contributed by atoms with van der Waals surface area (Å²) >= 11 is 0. The van der Waals surface area contributed by atoms with Gasteiger partial charge in [0.15, 0.2) is 5.96 Å². The Labute approximate surface area is 152 Å². The molecule has 0 spiro atoms. The molecule has 140 valence electrons. The van der Waals surface area contributed by atoms with Gasteiger partial charge < -0.3 is 20.3 Å². The van der Waals surface area contributed by atoms with Crippen LogP contribution in [0.1, 0.15) is 39.2 Å². The van der Waals surface area contributed by atoms with E-state index in [1.165, 1.54) is 24.1 Å². The van der Waals surface area contributed by atoms with Gasteiger partial charge in [-0.05, 0) is 37.3 Å². The maximum absolute atomic E-state index is 5.47. The number of rotatable bonds is 8. The van der Waals surface area contributed by atoms with Gasteiger partial charge in [-0.3, -0.25) is 0 Å². The Morgan fingerprint density at radius 2 is 1.96 bits per heavy atom. The van der Waals surface area contributed by atoms with Gasteiger partial charge in [0, 0.05) is 31.9 Å². The minimum atomic E-state index is 0.688. The Hall–Kier alpha value is -1.75. The van der Waals surface area contributed by atoms with Crippen LogP contribution < -0.4 is 15.5 Å². The number of hydrogen-bond acceptors (Lipinski definition) is 3. The zero-order valence-corrected chi connectivity index (χ0v) is 16.1. The molecule has 0 aromatic heterocycles. The van der Waals surface area contributed by atoms with Crippen LogP contribution >= 0.6 is 0 Å². The topological polar surface area (TPSA) is 48.9 Å². The molecule has 1 fully saturated rings. The summed E-state index contributed by atoms with van der Waals surface area (Å²) in [4.78, 5) is 7.19. The molecule has 25 heavy (non-hydrogen) atoms. The summed E-state index contributed by atoms with van der Waals surface area (Å²) in [7, 11) is 0. The van der Waals surface area contributed by atoms with E-state index in [0.717, 1.165) is 51.3 Å². The Balaban J connectivity index is 1.96. The van der Waals surface area contributed by atoms with Crippen LogP contribution in [0.3, 0.4) is 0 Å². The van der Waals surface area contributed by atoms with E-state index in [4.69, 9.17) is 9.73 Å². The first-order chi connectivity index (χ1) is 12.2. The van der Waals surface area contributed by atoms with Crippen molar-refractivity contribution in [1.82, 2.24) is 10.6 Å². The number of guanidine groups is 1. The van der Waals surface area contributed by atoms with Crippen LogP contribution in [-0.4, -0.2) is 45.4 Å². The van der Waals surface area contributed by atoms with Crippen molar-refractivity contribution in [2.24, 2.45) is 10.9 Å². The Morgan fingerprint density at radius 1 is 1.20 bits per heavy atom. The molecule has 2 rings (SSSR count). The summed E-state index contributed by atoms with van der Waals surface area (Å²) in [5, 5.41) is 6.80. The average Bonchev–Trinajstić information content (AvgIpc) is 2.64. The number of anilines is 1. The number of ether oxygens (including phenoxy) is 1. The quantitative estimate of drug-likeness (QED) is 0.432. The van der Waals surface area contributed by atoms with E-state index in [9.17, 15) is 0 Å². The van der Waals surface area contributed by atoms with E-state index in [1.807, 2.05) is 0 Å². The van der Waals surface area contributed by atoms with Crippen LogP contribution in [0.15, 0.2) is 29.3 Å². The molecule has 0 bridgehead atoms. The molecule has 0 saturated carbocycles. The van der Waals surface area contributed by atoms with Crippen molar-refractivity contribution in [3.8, 4) is 0 Å². The summed E-state index contributed by atoms with van der Waals surface area (Å²) in [6.07, 6.45) is 2.42. The van der Waals surface area contributed by atoms with Gasteiger partial charge in [0.2, 0.25) is 0 Å². The van der Waals surface area contributed by atoms with E-state index in [1.54, 1.807) is 0 Å². The maximum atomic E-state index is 5.47. The summed E-state index contributed by atoms with van der Waals surface area (Å²) in [6.45, 7) is 12.7. The zero-order valence-electron chi connectivity index (χ0n) is 16.1. The number of nitrogens with one attached hydrogen (secondary N) is 2. The van der Waals surface area contributed by atoms with Crippen molar-refractivity contribution in [2.45, 2.75) is 40.2 Å². The van der Waals surface area contributed by atoms with Crippen LogP contribution in [-0.2, 0) is 11.3 Å². The lowest BCUT2D eigenvalue weighted by atomic mass is 10.1. The van der Waals surface area contributed by atoms with Crippen molar-refractivity contribution in [2.75, 3.05) is 44.3 Å². The highest BCUT2D eigenvalue weighted by Gasteiger charge is 2.14. The second-order valence-corrected chi connectivity index (χ2v) is 6.89. The molecular formula is C20H34N4O. The molecule has 0 radical (unpaired) electrons. The summed E-state index contributed by atoms with van der Waals surface area (Å²) in [6, 6.07) is 8.57. The monoisotopic (exact) mass is 346 g/mol. The van der Waals surface area contributed by atoms with Crippen LogP contribution in [0, 0.1) is 5.92 Å². The van der Waals surface area contributed by atoms with Crippen LogP contribution in [0.2, 0.25) is 0 Å². The SMILES string of the molecule is CCNC(=NCc1ccccc1N1CCOCC1)NCCCC(C)C. The standard InChI is InChI=1S/C20H34N4O/c1-4-21-20(22-11-7-8-17(2)3)23-16-18-9-5-6-10-19(18)24-12-14-25-15-13-24/h5-6,9-10,17H,4,7-8,11-16H2,1-3H3,(H2,21,22,23). The fraction of sp³-hybridized carbons (Fsp3) is 0.650. The van der Waals surface area contributed by atoms with E-state index in [0.29, 0.717) is 6.54 Å². The van der Waals surface area contributed by atoms with E-state index in [-0.39, 0.29) is 0 Å². The van der Waals surface area contributed by atoms with Gasteiger partial charge in [-0.2, -0.15) is 0 Å². The van der Waals surface area contributed by atoms with E-state index >= 15 is 0 Å². The molecule has 2 N–H and O–H groups in total. The van der Waals surface area contributed by atoms with Crippen molar-refractivity contribution < 1.29 is 4.74 Å². The molecule has 1 saturated heterocycles. The molecule has 0 atom stereocenters. The lowest BCUT2D eigenvalue weighted by molar-refractivity contribution is 0.122. The lowest BCUT2D eigenvalue weighted by Gasteiger charge is -2.30. The number of morpholine rings is 1. The van der Waals surface area contributed by atoms with Crippen molar-refractivity contribution in [3.63, 3.8) is 0 Å².